The summed E-state index contributed by atoms with van der Waals surface area (Å²) in [6, 6.07) is 0.609. The van der Waals surface area contributed by atoms with Gasteiger partial charge in [0.1, 0.15) is 6.17 Å². The van der Waals surface area contributed by atoms with Crippen LogP contribution in [0.1, 0.15) is 150 Å². The van der Waals surface area contributed by atoms with Gasteiger partial charge in [-0.2, -0.15) is 0 Å². The summed E-state index contributed by atoms with van der Waals surface area (Å²) in [4.78, 5) is 5.24. The van der Waals surface area contributed by atoms with Crippen LogP contribution >= 0.6 is 0 Å². The van der Waals surface area contributed by atoms with E-state index in [0.717, 1.165) is 0 Å². The molecular weight excluding hydrogens is 364 g/mol. The molecule has 1 rings (SSSR count). The first-order valence-electron chi connectivity index (χ1n) is 13.9. The van der Waals surface area contributed by atoms with E-state index >= 15 is 0 Å². The number of unbranched alkanes of at least 4 members (excludes halogenated alkanes) is 16. The molecule has 2 nitrogen and oxygen atoms in total. The summed E-state index contributed by atoms with van der Waals surface area (Å²) in [5, 5.41) is 0. The summed E-state index contributed by atoms with van der Waals surface area (Å²) in [7, 11) is 0. The maximum absolute atomic E-state index is 2.64. The SMILES string of the molecule is CCCCCCCCCCCCCN1C=CN(C(C)C)C1CCCCCCCCC. The fraction of sp³-hybridized carbons (Fsp3) is 0.929. The lowest BCUT2D eigenvalue weighted by Crippen LogP contribution is -2.42. The third-order valence-corrected chi connectivity index (χ3v) is 6.84. The minimum atomic E-state index is 0.609. The second-order valence-electron chi connectivity index (χ2n) is 10.0. The van der Waals surface area contributed by atoms with Crippen molar-refractivity contribution in [3.63, 3.8) is 0 Å². The number of rotatable bonds is 21. The summed E-state index contributed by atoms with van der Waals surface area (Å²) in [6.07, 6.45) is 32.3. The summed E-state index contributed by atoms with van der Waals surface area (Å²) in [6.45, 7) is 10.5. The highest BCUT2D eigenvalue weighted by Crippen LogP contribution is 2.24. The van der Waals surface area contributed by atoms with E-state index in [2.05, 4.69) is 49.9 Å². The Hall–Kier alpha value is -0.660. The molecule has 0 aromatic rings. The number of nitrogens with zero attached hydrogens (tertiary/aromatic N) is 2. The highest BCUT2D eigenvalue weighted by Gasteiger charge is 2.26. The average molecular weight is 421 g/mol. The van der Waals surface area contributed by atoms with E-state index in [0.29, 0.717) is 12.2 Å². The van der Waals surface area contributed by atoms with Gasteiger partial charge in [-0.25, -0.2) is 0 Å². The molecule has 0 saturated carbocycles. The zero-order valence-corrected chi connectivity index (χ0v) is 21.3. The summed E-state index contributed by atoms with van der Waals surface area (Å²) in [5.74, 6) is 0. The normalized spacial score (nSPS) is 16.4. The summed E-state index contributed by atoms with van der Waals surface area (Å²) >= 11 is 0. The fourth-order valence-electron chi connectivity index (χ4n) is 4.83. The molecular formula is C28H56N2. The van der Waals surface area contributed by atoms with Crippen LogP contribution in [0.3, 0.4) is 0 Å². The molecule has 1 aliphatic rings. The van der Waals surface area contributed by atoms with E-state index in [1.165, 1.54) is 129 Å². The lowest BCUT2D eigenvalue weighted by atomic mass is 10.1. The second kappa shape index (κ2) is 19.1. The van der Waals surface area contributed by atoms with Gasteiger partial charge in [0, 0.05) is 25.0 Å². The molecule has 0 amide bonds. The largest absolute Gasteiger partial charge is 0.356 e. The maximum Gasteiger partial charge on any atom is 0.101 e. The van der Waals surface area contributed by atoms with Crippen molar-refractivity contribution < 1.29 is 0 Å². The second-order valence-corrected chi connectivity index (χ2v) is 10.0. The third-order valence-electron chi connectivity index (χ3n) is 6.84. The topological polar surface area (TPSA) is 6.48 Å². The first-order chi connectivity index (χ1) is 14.7. The van der Waals surface area contributed by atoms with Crippen LogP contribution in [0.5, 0.6) is 0 Å². The average Bonchev–Trinajstić information content (AvgIpc) is 3.14. The van der Waals surface area contributed by atoms with Crippen LogP contribution in [-0.2, 0) is 0 Å². The minimum absolute atomic E-state index is 0.609. The van der Waals surface area contributed by atoms with Crippen LogP contribution in [0.2, 0.25) is 0 Å². The Morgan fingerprint density at radius 2 is 1.00 bits per heavy atom. The molecule has 0 N–H and O–H groups in total. The van der Waals surface area contributed by atoms with Crippen LogP contribution < -0.4 is 0 Å². The zero-order chi connectivity index (χ0) is 21.9. The Kier molecular flexibility index (Phi) is 17.4. The highest BCUT2D eigenvalue weighted by atomic mass is 15.4. The van der Waals surface area contributed by atoms with E-state index < -0.39 is 0 Å². The molecule has 0 aromatic heterocycles. The minimum Gasteiger partial charge on any atom is -0.356 e. The van der Waals surface area contributed by atoms with E-state index in [-0.39, 0.29) is 0 Å². The Balaban J connectivity index is 2.11. The standard InChI is InChI=1S/C28H56N2/c1-5-7-9-11-13-14-15-16-18-20-22-24-29-25-26-30(27(3)4)28(29)23-21-19-17-12-10-8-6-2/h25-28H,5-24H2,1-4H3. The molecule has 0 radical (unpaired) electrons. The molecule has 2 heteroatoms. The van der Waals surface area contributed by atoms with Gasteiger partial charge >= 0.3 is 0 Å². The van der Waals surface area contributed by atoms with Gasteiger partial charge in [-0.3, -0.25) is 0 Å². The van der Waals surface area contributed by atoms with Crippen LogP contribution in [0, 0.1) is 0 Å². The van der Waals surface area contributed by atoms with E-state index in [1.807, 2.05) is 0 Å². The van der Waals surface area contributed by atoms with Crippen molar-refractivity contribution in [3.05, 3.63) is 12.4 Å². The lowest BCUT2D eigenvalue weighted by molar-refractivity contribution is 0.114. The molecule has 178 valence electrons. The van der Waals surface area contributed by atoms with Gasteiger partial charge in [-0.1, -0.05) is 117 Å². The van der Waals surface area contributed by atoms with Crippen LogP contribution in [-0.4, -0.2) is 28.6 Å². The van der Waals surface area contributed by atoms with Crippen molar-refractivity contribution in [1.29, 1.82) is 0 Å². The quantitative estimate of drug-likeness (QED) is 0.171. The molecule has 1 aliphatic heterocycles. The van der Waals surface area contributed by atoms with Gasteiger partial charge in [-0.15, -0.1) is 0 Å². The van der Waals surface area contributed by atoms with Crippen LogP contribution in [0.4, 0.5) is 0 Å². The Labute approximate surface area is 190 Å². The van der Waals surface area contributed by atoms with Gasteiger partial charge in [0.2, 0.25) is 0 Å². The van der Waals surface area contributed by atoms with Crippen LogP contribution in [0.25, 0.3) is 0 Å². The fourth-order valence-corrected chi connectivity index (χ4v) is 4.83. The Morgan fingerprint density at radius 3 is 1.47 bits per heavy atom. The van der Waals surface area contributed by atoms with Gasteiger partial charge in [-0.05, 0) is 33.1 Å². The molecule has 0 aromatic carbocycles. The van der Waals surface area contributed by atoms with E-state index in [1.54, 1.807) is 0 Å². The smallest absolute Gasteiger partial charge is 0.101 e. The maximum atomic E-state index is 2.64. The van der Waals surface area contributed by atoms with Gasteiger partial charge < -0.3 is 9.80 Å². The van der Waals surface area contributed by atoms with Crippen LogP contribution in [0.15, 0.2) is 12.4 Å². The Morgan fingerprint density at radius 1 is 0.567 bits per heavy atom. The predicted octanol–water partition coefficient (Wildman–Crippen LogP) is 9.26. The van der Waals surface area contributed by atoms with E-state index in [4.69, 9.17) is 0 Å². The van der Waals surface area contributed by atoms with Crippen molar-refractivity contribution in [3.8, 4) is 0 Å². The van der Waals surface area contributed by atoms with Gasteiger partial charge in [0.15, 0.2) is 0 Å². The molecule has 0 aliphatic carbocycles. The first kappa shape index (κ1) is 27.4. The molecule has 0 bridgehead atoms. The molecule has 1 unspecified atom stereocenters. The molecule has 0 spiro atoms. The lowest BCUT2D eigenvalue weighted by Gasteiger charge is -2.35. The summed E-state index contributed by atoms with van der Waals surface area (Å²) < 4.78 is 0. The highest BCUT2D eigenvalue weighted by molar-refractivity contribution is 4.98. The predicted molar refractivity (Wildman–Crippen MR) is 136 cm³/mol. The Bertz CT molecular complexity index is 390. The van der Waals surface area contributed by atoms with Crippen molar-refractivity contribution >= 4 is 0 Å². The molecule has 1 atom stereocenters. The van der Waals surface area contributed by atoms with E-state index in [9.17, 15) is 0 Å². The molecule has 0 fully saturated rings. The first-order valence-corrected chi connectivity index (χ1v) is 13.9. The third kappa shape index (κ3) is 12.9. The van der Waals surface area contributed by atoms with Crippen molar-refractivity contribution in [1.82, 2.24) is 9.80 Å². The van der Waals surface area contributed by atoms with Gasteiger partial charge in [0.05, 0.1) is 0 Å². The van der Waals surface area contributed by atoms with Crippen molar-refractivity contribution in [2.24, 2.45) is 0 Å². The van der Waals surface area contributed by atoms with Crippen molar-refractivity contribution in [2.75, 3.05) is 6.54 Å². The molecule has 1 heterocycles. The van der Waals surface area contributed by atoms with Crippen molar-refractivity contribution in [2.45, 2.75) is 162 Å². The van der Waals surface area contributed by atoms with Gasteiger partial charge in [0.25, 0.3) is 0 Å². The molecule has 0 saturated heterocycles. The monoisotopic (exact) mass is 420 g/mol. The number of hydrogen-bond acceptors (Lipinski definition) is 2. The zero-order valence-electron chi connectivity index (χ0n) is 21.3. The summed E-state index contributed by atoms with van der Waals surface area (Å²) in [5.41, 5.74) is 0. The molecule has 30 heavy (non-hydrogen) atoms. The number of hydrogen-bond donors (Lipinski definition) is 0.